The molecular formula is C22H18BrF3N2O5S. The van der Waals surface area contributed by atoms with Crippen LogP contribution in [0, 0.1) is 0 Å². The number of hydrogen-bond donors (Lipinski definition) is 1. The number of anilines is 1. The minimum Gasteiger partial charge on any atom is -0.493 e. The number of methoxy groups -OCH3 is 1. The average Bonchev–Trinajstić information content (AvgIpc) is 3.02. The first-order valence-electron chi connectivity index (χ1n) is 9.76. The van der Waals surface area contributed by atoms with E-state index in [0.29, 0.717) is 39.9 Å². The van der Waals surface area contributed by atoms with Crippen LogP contribution in [0.15, 0.2) is 45.8 Å². The number of thioether (sulfide) groups is 1. The van der Waals surface area contributed by atoms with Crippen LogP contribution in [0.3, 0.4) is 0 Å². The number of alkyl halides is 3. The van der Waals surface area contributed by atoms with Gasteiger partial charge in [0.05, 0.1) is 24.2 Å². The molecule has 0 atom stereocenters. The van der Waals surface area contributed by atoms with Crippen LogP contribution < -0.4 is 14.8 Å². The van der Waals surface area contributed by atoms with Gasteiger partial charge < -0.3 is 14.8 Å². The number of imide groups is 1. The molecule has 0 aromatic heterocycles. The molecular weight excluding hydrogens is 541 g/mol. The van der Waals surface area contributed by atoms with Gasteiger partial charge in [-0.05, 0) is 60.7 Å². The molecule has 1 heterocycles. The molecule has 2 aromatic rings. The number of amides is 3. The van der Waals surface area contributed by atoms with Gasteiger partial charge in [-0.1, -0.05) is 22.0 Å². The molecule has 0 aliphatic carbocycles. The number of halogens is 4. The van der Waals surface area contributed by atoms with Gasteiger partial charge in [0.25, 0.3) is 11.1 Å². The third-order valence-corrected chi connectivity index (χ3v) is 6.11. The van der Waals surface area contributed by atoms with E-state index in [2.05, 4.69) is 21.2 Å². The Labute approximate surface area is 205 Å². The Kier molecular flexibility index (Phi) is 7.93. The van der Waals surface area contributed by atoms with Gasteiger partial charge in [0, 0.05) is 10.2 Å². The van der Waals surface area contributed by atoms with E-state index in [4.69, 9.17) is 9.47 Å². The van der Waals surface area contributed by atoms with Crippen molar-refractivity contribution in [1.29, 1.82) is 0 Å². The summed E-state index contributed by atoms with van der Waals surface area (Å²) < 4.78 is 49.9. The third kappa shape index (κ3) is 5.92. The van der Waals surface area contributed by atoms with Crippen molar-refractivity contribution in [2.24, 2.45) is 0 Å². The van der Waals surface area contributed by atoms with Crippen LogP contribution in [0.4, 0.5) is 23.7 Å². The van der Waals surface area contributed by atoms with E-state index in [1.807, 2.05) is 6.92 Å². The van der Waals surface area contributed by atoms with E-state index in [0.717, 1.165) is 23.1 Å². The topological polar surface area (TPSA) is 84.9 Å². The molecule has 0 radical (unpaired) electrons. The van der Waals surface area contributed by atoms with Gasteiger partial charge in [0.15, 0.2) is 11.5 Å². The van der Waals surface area contributed by atoms with Crippen LogP contribution in [-0.2, 0) is 15.8 Å². The lowest BCUT2D eigenvalue weighted by atomic mass is 10.2. The maximum Gasteiger partial charge on any atom is 0.416 e. The number of carbonyl (C=O) groups excluding carboxylic acids is 3. The van der Waals surface area contributed by atoms with Crippen molar-refractivity contribution >= 4 is 56.5 Å². The second kappa shape index (κ2) is 10.5. The summed E-state index contributed by atoms with van der Waals surface area (Å²) in [6, 6.07) is 7.35. The molecule has 1 fully saturated rings. The Morgan fingerprint density at radius 2 is 1.94 bits per heavy atom. The predicted octanol–water partition coefficient (Wildman–Crippen LogP) is 5.55. The smallest absolute Gasteiger partial charge is 0.416 e. The predicted molar refractivity (Wildman–Crippen MR) is 125 cm³/mol. The second-order valence-electron chi connectivity index (χ2n) is 6.85. The lowest BCUT2D eigenvalue weighted by Crippen LogP contribution is -2.36. The minimum absolute atomic E-state index is 0.0729. The van der Waals surface area contributed by atoms with E-state index in [1.54, 1.807) is 12.1 Å². The highest BCUT2D eigenvalue weighted by molar-refractivity contribution is 9.10. The number of nitrogens with one attached hydrogen (secondary N) is 1. The first-order chi connectivity index (χ1) is 16.0. The molecule has 34 heavy (non-hydrogen) atoms. The van der Waals surface area contributed by atoms with Crippen molar-refractivity contribution in [3.05, 3.63) is 56.9 Å². The van der Waals surface area contributed by atoms with Crippen LogP contribution in [0.5, 0.6) is 11.5 Å². The molecule has 7 nitrogen and oxygen atoms in total. The number of benzene rings is 2. The quantitative estimate of drug-likeness (QED) is 0.448. The second-order valence-corrected chi connectivity index (χ2v) is 8.70. The zero-order chi connectivity index (χ0) is 25.0. The summed E-state index contributed by atoms with van der Waals surface area (Å²) in [7, 11) is 1.46. The monoisotopic (exact) mass is 558 g/mol. The Bertz CT molecular complexity index is 1170. The maximum atomic E-state index is 12.9. The molecule has 3 amide bonds. The van der Waals surface area contributed by atoms with E-state index < -0.39 is 35.3 Å². The fourth-order valence-electron chi connectivity index (χ4n) is 2.98. The van der Waals surface area contributed by atoms with E-state index in [9.17, 15) is 27.6 Å². The zero-order valence-corrected chi connectivity index (χ0v) is 20.3. The van der Waals surface area contributed by atoms with Crippen LogP contribution in [0.25, 0.3) is 6.08 Å². The molecule has 1 N–H and O–H groups in total. The summed E-state index contributed by atoms with van der Waals surface area (Å²) in [5.41, 5.74) is -0.497. The third-order valence-electron chi connectivity index (χ3n) is 4.52. The molecule has 0 bridgehead atoms. The molecule has 2 aromatic carbocycles. The average molecular weight is 559 g/mol. The van der Waals surface area contributed by atoms with Gasteiger partial charge in [-0.15, -0.1) is 0 Å². The highest BCUT2D eigenvalue weighted by Crippen LogP contribution is 2.38. The van der Waals surface area contributed by atoms with Gasteiger partial charge in [-0.2, -0.15) is 13.2 Å². The highest BCUT2D eigenvalue weighted by atomic mass is 79.9. The molecule has 1 saturated heterocycles. The van der Waals surface area contributed by atoms with E-state index >= 15 is 0 Å². The number of carbonyl (C=O) groups is 3. The molecule has 180 valence electrons. The van der Waals surface area contributed by atoms with Crippen molar-refractivity contribution in [1.82, 2.24) is 4.90 Å². The minimum atomic E-state index is -4.57. The Morgan fingerprint density at radius 3 is 2.59 bits per heavy atom. The van der Waals surface area contributed by atoms with Crippen molar-refractivity contribution < 1.29 is 37.0 Å². The lowest BCUT2D eigenvalue weighted by Gasteiger charge is -2.14. The standard InChI is InChI=1S/C22H18BrF3N2O5S/c1-3-33-17-10-15(23)12(7-16(17)32-2)8-18-20(30)28(21(31)34-18)11-19(29)27-14-6-4-5-13(9-14)22(24,25)26/h4-10H,3,11H2,1-2H3,(H,27,29)/b18-8-. The number of ether oxygens (including phenoxy) is 2. The summed E-state index contributed by atoms with van der Waals surface area (Å²) in [5, 5.41) is 1.60. The van der Waals surface area contributed by atoms with Crippen molar-refractivity contribution in [2.45, 2.75) is 13.1 Å². The van der Waals surface area contributed by atoms with Crippen LogP contribution in [0.2, 0.25) is 0 Å². The first kappa shape index (κ1) is 25.6. The normalized spacial score (nSPS) is 15.1. The van der Waals surface area contributed by atoms with Crippen molar-refractivity contribution in [3.8, 4) is 11.5 Å². The van der Waals surface area contributed by atoms with Gasteiger partial charge in [0.1, 0.15) is 6.54 Å². The fourth-order valence-corrected chi connectivity index (χ4v) is 4.25. The summed E-state index contributed by atoms with van der Waals surface area (Å²) in [6.45, 7) is 1.59. The molecule has 0 saturated carbocycles. The lowest BCUT2D eigenvalue weighted by molar-refractivity contribution is -0.137. The number of rotatable bonds is 7. The Morgan fingerprint density at radius 1 is 1.21 bits per heavy atom. The van der Waals surface area contributed by atoms with E-state index in [1.165, 1.54) is 19.3 Å². The summed E-state index contributed by atoms with van der Waals surface area (Å²) >= 11 is 4.04. The van der Waals surface area contributed by atoms with Gasteiger partial charge >= 0.3 is 6.18 Å². The summed E-state index contributed by atoms with van der Waals surface area (Å²) in [6.07, 6.45) is -3.10. The van der Waals surface area contributed by atoms with Crippen LogP contribution in [-0.4, -0.2) is 42.2 Å². The largest absolute Gasteiger partial charge is 0.493 e. The van der Waals surface area contributed by atoms with E-state index in [-0.39, 0.29) is 10.6 Å². The maximum absolute atomic E-state index is 12.9. The summed E-state index contributed by atoms with van der Waals surface area (Å²) in [5.74, 6) is -0.592. The summed E-state index contributed by atoms with van der Waals surface area (Å²) in [4.78, 5) is 38.2. The van der Waals surface area contributed by atoms with Crippen LogP contribution >= 0.6 is 27.7 Å². The molecule has 0 unspecified atom stereocenters. The van der Waals surface area contributed by atoms with Gasteiger partial charge in [-0.25, -0.2) is 0 Å². The molecule has 3 rings (SSSR count). The number of nitrogens with zero attached hydrogens (tertiary/aromatic N) is 1. The van der Waals surface area contributed by atoms with Gasteiger partial charge in [-0.3, -0.25) is 19.3 Å². The van der Waals surface area contributed by atoms with Crippen molar-refractivity contribution in [2.75, 3.05) is 25.6 Å². The first-order valence-corrected chi connectivity index (χ1v) is 11.4. The molecule has 0 spiro atoms. The zero-order valence-electron chi connectivity index (χ0n) is 17.9. The Balaban J connectivity index is 1.75. The number of hydrogen-bond acceptors (Lipinski definition) is 6. The molecule has 1 aliphatic heterocycles. The SMILES string of the molecule is CCOc1cc(Br)c(/C=C2\SC(=O)N(CC(=O)Nc3cccc(C(F)(F)F)c3)C2=O)cc1OC. The molecule has 12 heteroatoms. The molecule has 1 aliphatic rings. The van der Waals surface area contributed by atoms with Gasteiger partial charge in [0.2, 0.25) is 5.91 Å². The Hall–Kier alpha value is -2.99. The fraction of sp³-hybridized carbons (Fsp3) is 0.227. The highest BCUT2D eigenvalue weighted by Gasteiger charge is 2.36. The van der Waals surface area contributed by atoms with Crippen LogP contribution in [0.1, 0.15) is 18.1 Å². The van der Waals surface area contributed by atoms with Crippen molar-refractivity contribution in [3.63, 3.8) is 0 Å².